The maximum Gasteiger partial charge on any atom is 0.133 e. The molecule has 0 aliphatic rings. The Balaban J connectivity index is 4.40. The third-order valence-electron chi connectivity index (χ3n) is 1.91. The summed E-state index contributed by atoms with van der Waals surface area (Å²) in [6, 6.07) is 0. The molecule has 0 rings (SSSR count). The molecule has 0 bridgehead atoms. The van der Waals surface area contributed by atoms with Crippen LogP contribution in [0.2, 0.25) is 0 Å². The first kappa shape index (κ1) is 9.88. The van der Waals surface area contributed by atoms with Crippen LogP contribution < -0.4 is 11.5 Å². The molecule has 0 aliphatic heterocycles. The van der Waals surface area contributed by atoms with Gasteiger partial charge in [0.2, 0.25) is 0 Å². The van der Waals surface area contributed by atoms with Gasteiger partial charge in [0.1, 0.15) is 5.72 Å². The van der Waals surface area contributed by atoms with Crippen molar-refractivity contribution in [3.8, 4) is 0 Å². The summed E-state index contributed by atoms with van der Waals surface area (Å²) < 4.78 is 0. The summed E-state index contributed by atoms with van der Waals surface area (Å²) >= 11 is 0. The first-order valence-corrected chi connectivity index (χ1v) is 3.49. The molecular formula is C7H18N2O. The van der Waals surface area contributed by atoms with E-state index in [-0.39, 0.29) is 5.92 Å². The van der Waals surface area contributed by atoms with Crippen molar-refractivity contribution >= 4 is 0 Å². The SMILES string of the molecule is CC(C)C(N)(O)C(C)(C)N. The molecule has 3 nitrogen and oxygen atoms in total. The van der Waals surface area contributed by atoms with E-state index < -0.39 is 11.3 Å². The molecular weight excluding hydrogens is 128 g/mol. The molecule has 1 unspecified atom stereocenters. The van der Waals surface area contributed by atoms with Gasteiger partial charge in [0, 0.05) is 0 Å². The topological polar surface area (TPSA) is 72.3 Å². The zero-order valence-corrected chi connectivity index (χ0v) is 7.18. The van der Waals surface area contributed by atoms with E-state index in [9.17, 15) is 5.11 Å². The van der Waals surface area contributed by atoms with Gasteiger partial charge in [-0.15, -0.1) is 0 Å². The van der Waals surface area contributed by atoms with Crippen molar-refractivity contribution in [3.63, 3.8) is 0 Å². The van der Waals surface area contributed by atoms with Crippen molar-refractivity contribution < 1.29 is 5.11 Å². The largest absolute Gasteiger partial charge is 0.374 e. The second-order valence-electron chi connectivity index (χ2n) is 3.70. The molecule has 0 saturated carbocycles. The number of aliphatic hydroxyl groups is 1. The van der Waals surface area contributed by atoms with Crippen molar-refractivity contribution in [2.75, 3.05) is 0 Å². The van der Waals surface area contributed by atoms with E-state index in [0.717, 1.165) is 0 Å². The second-order valence-corrected chi connectivity index (χ2v) is 3.70. The quantitative estimate of drug-likeness (QED) is 0.481. The van der Waals surface area contributed by atoms with Crippen LogP contribution in [0.1, 0.15) is 27.7 Å². The van der Waals surface area contributed by atoms with Gasteiger partial charge < -0.3 is 16.6 Å². The number of rotatable bonds is 2. The van der Waals surface area contributed by atoms with Gasteiger partial charge in [0.25, 0.3) is 0 Å². The van der Waals surface area contributed by atoms with Gasteiger partial charge in [-0.2, -0.15) is 0 Å². The summed E-state index contributed by atoms with van der Waals surface area (Å²) in [6.45, 7) is 7.11. The first-order chi connectivity index (χ1) is 4.19. The van der Waals surface area contributed by atoms with Crippen LogP contribution >= 0.6 is 0 Å². The molecule has 3 heteroatoms. The van der Waals surface area contributed by atoms with Gasteiger partial charge in [0.05, 0.1) is 5.54 Å². The van der Waals surface area contributed by atoms with Crippen LogP contribution in [0.15, 0.2) is 0 Å². The highest BCUT2D eigenvalue weighted by atomic mass is 16.3. The molecule has 0 aromatic carbocycles. The van der Waals surface area contributed by atoms with E-state index in [1.165, 1.54) is 0 Å². The monoisotopic (exact) mass is 146 g/mol. The smallest absolute Gasteiger partial charge is 0.133 e. The summed E-state index contributed by atoms with van der Waals surface area (Å²) in [7, 11) is 0. The Labute approximate surface area is 62.4 Å². The van der Waals surface area contributed by atoms with E-state index in [2.05, 4.69) is 0 Å². The molecule has 1 atom stereocenters. The molecule has 0 aromatic heterocycles. The van der Waals surface area contributed by atoms with Gasteiger partial charge in [-0.25, -0.2) is 0 Å². The van der Waals surface area contributed by atoms with Gasteiger partial charge in [-0.05, 0) is 19.8 Å². The third-order valence-corrected chi connectivity index (χ3v) is 1.91. The van der Waals surface area contributed by atoms with Crippen molar-refractivity contribution in [2.45, 2.75) is 39.0 Å². The molecule has 0 spiro atoms. The van der Waals surface area contributed by atoms with Crippen molar-refractivity contribution in [2.24, 2.45) is 17.4 Å². The predicted octanol–water partition coefficient (Wildman–Crippen LogP) is 0.0270. The molecule has 0 fully saturated rings. The molecule has 0 saturated heterocycles. The lowest BCUT2D eigenvalue weighted by Crippen LogP contribution is -2.65. The van der Waals surface area contributed by atoms with Crippen LogP contribution in [-0.2, 0) is 0 Å². The van der Waals surface area contributed by atoms with E-state index >= 15 is 0 Å². The number of hydrogen-bond acceptors (Lipinski definition) is 3. The molecule has 0 amide bonds. The first-order valence-electron chi connectivity index (χ1n) is 3.49. The Morgan fingerprint density at radius 3 is 1.50 bits per heavy atom. The van der Waals surface area contributed by atoms with E-state index in [1.807, 2.05) is 13.8 Å². The average molecular weight is 146 g/mol. The van der Waals surface area contributed by atoms with Crippen LogP contribution in [0.25, 0.3) is 0 Å². The van der Waals surface area contributed by atoms with Crippen LogP contribution in [0.5, 0.6) is 0 Å². The lowest BCUT2D eigenvalue weighted by atomic mass is 9.84. The van der Waals surface area contributed by atoms with Gasteiger partial charge in [-0.1, -0.05) is 13.8 Å². The van der Waals surface area contributed by atoms with Crippen LogP contribution in [0.3, 0.4) is 0 Å². The zero-order chi connectivity index (χ0) is 8.58. The lowest BCUT2D eigenvalue weighted by Gasteiger charge is -2.39. The van der Waals surface area contributed by atoms with Crippen LogP contribution in [-0.4, -0.2) is 16.4 Å². The molecule has 0 radical (unpaired) electrons. The Hall–Kier alpha value is -0.120. The molecule has 0 aromatic rings. The highest BCUT2D eigenvalue weighted by molar-refractivity contribution is 4.94. The normalized spacial score (nSPS) is 19.2. The minimum absolute atomic E-state index is 0.0347. The molecule has 10 heavy (non-hydrogen) atoms. The maximum absolute atomic E-state index is 9.58. The number of hydrogen-bond donors (Lipinski definition) is 3. The molecule has 0 heterocycles. The van der Waals surface area contributed by atoms with E-state index in [1.54, 1.807) is 13.8 Å². The molecule has 62 valence electrons. The summed E-state index contributed by atoms with van der Waals surface area (Å²) in [5.41, 5.74) is 9.17. The molecule has 0 aliphatic carbocycles. The Kier molecular flexibility index (Phi) is 2.46. The second kappa shape index (κ2) is 2.49. The van der Waals surface area contributed by atoms with E-state index in [4.69, 9.17) is 11.5 Å². The Morgan fingerprint density at radius 1 is 1.20 bits per heavy atom. The summed E-state index contributed by atoms with van der Waals surface area (Å²) in [5, 5.41) is 9.58. The third kappa shape index (κ3) is 1.68. The van der Waals surface area contributed by atoms with Crippen LogP contribution in [0, 0.1) is 5.92 Å². The molecule has 5 N–H and O–H groups in total. The lowest BCUT2D eigenvalue weighted by molar-refractivity contribution is -0.0555. The highest BCUT2D eigenvalue weighted by Crippen LogP contribution is 2.21. The van der Waals surface area contributed by atoms with Crippen molar-refractivity contribution in [1.82, 2.24) is 0 Å². The fraction of sp³-hybridized carbons (Fsp3) is 1.00. The summed E-state index contributed by atoms with van der Waals surface area (Å²) in [6.07, 6.45) is 0. The van der Waals surface area contributed by atoms with Crippen molar-refractivity contribution in [3.05, 3.63) is 0 Å². The summed E-state index contributed by atoms with van der Waals surface area (Å²) in [5.74, 6) is -0.0347. The fourth-order valence-corrected chi connectivity index (χ4v) is 0.744. The highest BCUT2D eigenvalue weighted by Gasteiger charge is 2.39. The minimum atomic E-state index is -1.28. The minimum Gasteiger partial charge on any atom is -0.374 e. The predicted molar refractivity (Wildman–Crippen MR) is 42.2 cm³/mol. The zero-order valence-electron chi connectivity index (χ0n) is 7.18. The van der Waals surface area contributed by atoms with Crippen molar-refractivity contribution in [1.29, 1.82) is 0 Å². The Morgan fingerprint density at radius 2 is 1.50 bits per heavy atom. The average Bonchev–Trinajstić information content (AvgIpc) is 1.62. The van der Waals surface area contributed by atoms with Gasteiger partial charge in [0.15, 0.2) is 0 Å². The van der Waals surface area contributed by atoms with Gasteiger partial charge in [-0.3, -0.25) is 0 Å². The van der Waals surface area contributed by atoms with E-state index in [0.29, 0.717) is 0 Å². The van der Waals surface area contributed by atoms with Crippen LogP contribution in [0.4, 0.5) is 0 Å². The summed E-state index contributed by atoms with van der Waals surface area (Å²) in [4.78, 5) is 0. The van der Waals surface area contributed by atoms with Gasteiger partial charge >= 0.3 is 0 Å². The number of nitrogens with two attached hydrogens (primary N) is 2. The fourth-order valence-electron chi connectivity index (χ4n) is 0.744. The maximum atomic E-state index is 9.58. The Bertz CT molecular complexity index is 113. The standard InChI is InChI=1S/C7H18N2O/c1-5(2)7(9,10)6(3,4)8/h5,10H,8-9H2,1-4H3.